The van der Waals surface area contributed by atoms with Crippen LogP contribution in [0.4, 0.5) is 14.5 Å². The van der Waals surface area contributed by atoms with Crippen LogP contribution in [0, 0.1) is 11.6 Å². The van der Waals surface area contributed by atoms with Crippen molar-refractivity contribution in [1.82, 2.24) is 29.9 Å². The minimum Gasteiger partial charge on any atom is -0.258 e. The molecule has 9 heteroatoms. The molecular formula is C47H31F2N7. The fourth-order valence-electron chi connectivity index (χ4n) is 6.92. The molecule has 5 aromatic carbocycles. The van der Waals surface area contributed by atoms with Crippen LogP contribution in [0.5, 0.6) is 0 Å². The zero-order valence-corrected chi connectivity index (χ0v) is 29.9. The van der Waals surface area contributed by atoms with Gasteiger partial charge in [-0.2, -0.15) is 0 Å². The topological polar surface area (TPSA) is 89.7 Å². The van der Waals surface area contributed by atoms with Gasteiger partial charge in [-0.25, -0.2) is 23.7 Å². The molecule has 0 spiro atoms. The summed E-state index contributed by atoms with van der Waals surface area (Å²) < 4.78 is 28.9. The van der Waals surface area contributed by atoms with Gasteiger partial charge in [-0.05, 0) is 59.0 Å². The fourth-order valence-corrected chi connectivity index (χ4v) is 6.92. The average molecular weight is 732 g/mol. The summed E-state index contributed by atoms with van der Waals surface area (Å²) in [6.07, 6.45) is 10.3. The van der Waals surface area contributed by atoms with Gasteiger partial charge in [-0.15, -0.1) is 6.58 Å². The Hall–Kier alpha value is -7.39. The van der Waals surface area contributed by atoms with Gasteiger partial charge in [0.1, 0.15) is 11.6 Å². The molecule has 56 heavy (non-hydrogen) atoms. The summed E-state index contributed by atoms with van der Waals surface area (Å²) in [7, 11) is 0. The van der Waals surface area contributed by atoms with Crippen molar-refractivity contribution in [3.63, 3.8) is 0 Å². The second-order valence-electron chi connectivity index (χ2n) is 13.3. The van der Waals surface area contributed by atoms with Crippen molar-refractivity contribution < 1.29 is 8.78 Å². The van der Waals surface area contributed by atoms with Gasteiger partial charge in [0.2, 0.25) is 0 Å². The summed E-state index contributed by atoms with van der Waals surface area (Å²) in [5.41, 5.74) is 9.07. The molecular weight excluding hydrogens is 701 g/mol. The summed E-state index contributed by atoms with van der Waals surface area (Å²) in [6, 6.07) is 37.2. The van der Waals surface area contributed by atoms with E-state index in [0.717, 1.165) is 72.3 Å². The number of fused-ring (bicyclic) bond motifs is 4. The summed E-state index contributed by atoms with van der Waals surface area (Å²) in [6.45, 7) is 3.80. The first-order valence-electron chi connectivity index (χ1n) is 18.1. The van der Waals surface area contributed by atoms with Crippen LogP contribution in [-0.4, -0.2) is 36.1 Å². The van der Waals surface area contributed by atoms with Gasteiger partial charge in [0.25, 0.3) is 0 Å². The third-order valence-electron chi connectivity index (χ3n) is 9.62. The van der Waals surface area contributed by atoms with E-state index in [-0.39, 0.29) is 11.4 Å². The number of pyridine rings is 3. The van der Waals surface area contributed by atoms with Crippen LogP contribution in [0.25, 0.3) is 78.0 Å². The number of benzene rings is 5. The molecule has 0 atom stereocenters. The Labute approximate surface area is 320 Å². The molecule has 4 aromatic heterocycles. The van der Waals surface area contributed by atoms with Gasteiger partial charge >= 0.3 is 0 Å². The summed E-state index contributed by atoms with van der Waals surface area (Å²) >= 11 is 0. The maximum atomic E-state index is 14.5. The monoisotopic (exact) mass is 731 g/mol. The number of allylic oxidation sites excluding steroid dienone is 1. The smallest absolute Gasteiger partial charge is 0.164 e. The van der Waals surface area contributed by atoms with E-state index in [1.165, 1.54) is 12.1 Å². The van der Waals surface area contributed by atoms with Crippen molar-refractivity contribution >= 4 is 44.6 Å². The van der Waals surface area contributed by atoms with E-state index in [4.69, 9.17) is 19.9 Å². The van der Waals surface area contributed by atoms with Crippen molar-refractivity contribution in [3.05, 3.63) is 175 Å². The average Bonchev–Trinajstić information content (AvgIpc) is 3.24. The van der Waals surface area contributed by atoms with Gasteiger partial charge in [0, 0.05) is 70.1 Å². The quantitative estimate of drug-likeness (QED) is 0.0834. The van der Waals surface area contributed by atoms with Crippen molar-refractivity contribution in [2.75, 3.05) is 0 Å². The van der Waals surface area contributed by atoms with E-state index in [2.05, 4.69) is 45.8 Å². The molecule has 0 aliphatic heterocycles. The van der Waals surface area contributed by atoms with Crippen LogP contribution in [0.2, 0.25) is 0 Å². The van der Waals surface area contributed by atoms with Crippen molar-refractivity contribution in [2.45, 2.75) is 12.8 Å². The third kappa shape index (κ3) is 6.78. The van der Waals surface area contributed by atoms with E-state index in [1.807, 2.05) is 91.2 Å². The normalized spacial score (nSPS) is 11.5. The highest BCUT2D eigenvalue weighted by atomic mass is 19.1. The van der Waals surface area contributed by atoms with Crippen LogP contribution >= 0.6 is 0 Å². The Morgan fingerprint density at radius 1 is 0.554 bits per heavy atom. The Balaban J connectivity index is 1.08. The van der Waals surface area contributed by atoms with Gasteiger partial charge < -0.3 is 0 Å². The number of hydrogen-bond acceptors (Lipinski definition) is 7. The second-order valence-corrected chi connectivity index (χ2v) is 13.3. The van der Waals surface area contributed by atoms with E-state index in [1.54, 1.807) is 18.6 Å². The van der Waals surface area contributed by atoms with Gasteiger partial charge in [0.15, 0.2) is 17.5 Å². The highest BCUT2D eigenvalue weighted by molar-refractivity contribution is 6.08. The minimum absolute atomic E-state index is 0.154. The van der Waals surface area contributed by atoms with E-state index < -0.39 is 11.6 Å². The number of rotatable bonds is 9. The lowest BCUT2D eigenvalue weighted by atomic mass is 9.99. The Bertz CT molecular complexity index is 2940. The predicted octanol–water partition coefficient (Wildman–Crippen LogP) is 11.3. The molecule has 268 valence electrons. The highest BCUT2D eigenvalue weighted by Crippen LogP contribution is 2.34. The summed E-state index contributed by atoms with van der Waals surface area (Å²) in [4.78, 5) is 32.9. The number of aromatic nitrogens is 6. The Morgan fingerprint density at radius 3 is 1.84 bits per heavy atom. The molecule has 0 fully saturated rings. The lowest BCUT2D eigenvalue weighted by Crippen LogP contribution is -2.01. The fraction of sp³-hybridized carbons (Fsp3) is 0.0426. The molecule has 0 aliphatic rings. The lowest BCUT2D eigenvalue weighted by Gasteiger charge is -2.11. The lowest BCUT2D eigenvalue weighted by molar-refractivity contribution is 0.584. The Morgan fingerprint density at radius 2 is 1.14 bits per heavy atom. The number of aliphatic imine (C=N–C) groups is 1. The van der Waals surface area contributed by atoms with Gasteiger partial charge in [-0.1, -0.05) is 91.0 Å². The predicted molar refractivity (Wildman–Crippen MR) is 220 cm³/mol. The van der Waals surface area contributed by atoms with Crippen LogP contribution in [-0.2, 0) is 6.42 Å². The Kier molecular flexibility index (Phi) is 9.08. The molecule has 0 unspecified atom stereocenters. The third-order valence-corrected chi connectivity index (χ3v) is 9.62. The standard InChI is InChI=1S/C47H31F2N7/c1-2-3-21-50-43-35(17-14-31-6-4-22-51-41(31)43)25-29-8-10-33(11-9-29)45-54-46(56-47(55-45)36-26-37(48)28-38(49)27-36)34-15-12-30(13-16-34)39-20-24-53-44-40(39)19-18-32-7-5-23-52-42(32)44/h2,4-24,26-28H,1,3,25H2/b50-21-. The van der Waals surface area contributed by atoms with Crippen molar-refractivity contribution in [2.24, 2.45) is 4.99 Å². The van der Waals surface area contributed by atoms with E-state index in [0.29, 0.717) is 30.1 Å². The van der Waals surface area contributed by atoms with E-state index in [9.17, 15) is 8.78 Å². The molecule has 4 heterocycles. The maximum absolute atomic E-state index is 14.5. The molecule has 0 amide bonds. The SMILES string of the molecule is C=CC/C=N\c1c(Cc2ccc(-c3nc(-c4ccc(-c5ccnc6c5ccc5cccnc56)cc4)nc(-c4cc(F)cc(F)c4)n3)cc2)ccc2cccnc12. The maximum Gasteiger partial charge on any atom is 0.164 e. The van der Waals surface area contributed by atoms with E-state index >= 15 is 0 Å². The number of hydrogen-bond donors (Lipinski definition) is 0. The number of nitrogens with zero attached hydrogens (tertiary/aromatic N) is 7. The molecule has 0 saturated heterocycles. The zero-order valence-electron chi connectivity index (χ0n) is 29.9. The van der Waals surface area contributed by atoms with Gasteiger partial charge in [0.05, 0.1) is 22.2 Å². The number of halogens is 2. The minimum atomic E-state index is -0.720. The largest absolute Gasteiger partial charge is 0.258 e. The van der Waals surface area contributed by atoms with Crippen molar-refractivity contribution in [1.29, 1.82) is 0 Å². The van der Waals surface area contributed by atoms with Gasteiger partial charge in [-0.3, -0.25) is 19.9 Å². The van der Waals surface area contributed by atoms with Crippen LogP contribution in [0.1, 0.15) is 17.5 Å². The first-order valence-corrected chi connectivity index (χ1v) is 18.1. The van der Waals surface area contributed by atoms with Crippen LogP contribution in [0.3, 0.4) is 0 Å². The van der Waals surface area contributed by atoms with Crippen molar-refractivity contribution in [3.8, 4) is 45.3 Å². The zero-order chi connectivity index (χ0) is 38.0. The molecule has 0 N–H and O–H groups in total. The molecule has 0 aliphatic carbocycles. The van der Waals surface area contributed by atoms with Crippen LogP contribution in [0.15, 0.2) is 158 Å². The summed E-state index contributed by atoms with van der Waals surface area (Å²) in [5.74, 6) is -0.550. The second kappa shape index (κ2) is 14.8. The molecule has 9 aromatic rings. The molecule has 9 rings (SSSR count). The summed E-state index contributed by atoms with van der Waals surface area (Å²) in [5, 5.41) is 3.03. The first kappa shape index (κ1) is 34.4. The van der Waals surface area contributed by atoms with Crippen LogP contribution < -0.4 is 0 Å². The highest BCUT2D eigenvalue weighted by Gasteiger charge is 2.16. The molecule has 0 saturated carbocycles. The molecule has 0 bridgehead atoms. The molecule has 0 radical (unpaired) electrons. The molecule has 7 nitrogen and oxygen atoms in total. The first-order chi connectivity index (χ1) is 27.5.